The molecular formula is C24H28N2S. The molecule has 0 atom stereocenters. The molecule has 4 rings (SSSR count). The third kappa shape index (κ3) is 2.34. The van der Waals surface area contributed by atoms with E-state index >= 15 is 0 Å². The van der Waals surface area contributed by atoms with Gasteiger partial charge in [0.2, 0.25) is 0 Å². The minimum absolute atomic E-state index is 1.07. The van der Waals surface area contributed by atoms with Crippen LogP contribution in [0, 0.1) is 55.4 Å². The van der Waals surface area contributed by atoms with E-state index in [1.54, 1.807) is 0 Å². The first kappa shape index (κ1) is 18.2. The first-order valence-electron chi connectivity index (χ1n) is 9.58. The molecule has 0 aliphatic rings. The van der Waals surface area contributed by atoms with E-state index < -0.39 is 0 Å². The van der Waals surface area contributed by atoms with Crippen LogP contribution in [-0.4, -0.2) is 9.55 Å². The second kappa shape index (κ2) is 5.93. The number of hydrogen-bond donors (Lipinski definition) is 0. The molecule has 3 heteroatoms. The number of rotatable bonds is 1. The lowest BCUT2D eigenvalue weighted by Gasteiger charge is -2.13. The highest BCUT2D eigenvalue weighted by atomic mass is 32.1. The Hall–Kier alpha value is -2.13. The Morgan fingerprint density at radius 1 is 0.741 bits per heavy atom. The predicted octanol–water partition coefficient (Wildman–Crippen LogP) is 6.92. The molecule has 140 valence electrons. The maximum absolute atomic E-state index is 4.89. The second-order valence-electron chi connectivity index (χ2n) is 8.04. The van der Waals surface area contributed by atoms with Crippen molar-refractivity contribution < 1.29 is 0 Å². The Balaban J connectivity index is 2.22. The average molecular weight is 377 g/mol. The van der Waals surface area contributed by atoms with E-state index in [9.17, 15) is 0 Å². The number of nitrogens with zero attached hydrogens (tertiary/aromatic N) is 2. The van der Waals surface area contributed by atoms with E-state index in [0.29, 0.717) is 0 Å². The van der Waals surface area contributed by atoms with Gasteiger partial charge in [0.25, 0.3) is 0 Å². The van der Waals surface area contributed by atoms with Crippen LogP contribution in [0.2, 0.25) is 0 Å². The van der Waals surface area contributed by atoms with Crippen LogP contribution in [0.1, 0.15) is 44.8 Å². The zero-order valence-electron chi connectivity index (χ0n) is 17.9. The van der Waals surface area contributed by atoms with E-state index in [2.05, 4.69) is 73.1 Å². The largest absolute Gasteiger partial charge is 0.331 e. The molecule has 0 aliphatic carbocycles. The lowest BCUT2D eigenvalue weighted by Crippen LogP contribution is -1.98. The number of thiophene rings is 1. The van der Waals surface area contributed by atoms with Gasteiger partial charge in [0.05, 0.1) is 5.69 Å². The molecular weight excluding hydrogens is 348 g/mol. The van der Waals surface area contributed by atoms with Crippen LogP contribution in [0.4, 0.5) is 0 Å². The van der Waals surface area contributed by atoms with Crippen LogP contribution in [-0.2, 0) is 7.05 Å². The molecule has 0 saturated heterocycles. The monoisotopic (exact) mass is 376 g/mol. The van der Waals surface area contributed by atoms with Crippen LogP contribution < -0.4 is 0 Å². The minimum atomic E-state index is 1.07. The molecule has 0 bridgehead atoms. The molecule has 0 aliphatic heterocycles. The Bertz CT molecular complexity index is 1250. The average Bonchev–Trinajstić information content (AvgIpc) is 3.16. The first-order valence-corrected chi connectivity index (χ1v) is 10.4. The summed E-state index contributed by atoms with van der Waals surface area (Å²) < 4.78 is 5.09. The SMILES string of the molecule is Cc1nc(-c2cc(C)c3sc4c(C)c(C)c(C)c(C)c4c3c2C)n(C)c1C. The molecule has 0 radical (unpaired) electrons. The Kier molecular flexibility index (Phi) is 4.01. The van der Waals surface area contributed by atoms with Crippen molar-refractivity contribution in [2.45, 2.75) is 55.4 Å². The summed E-state index contributed by atoms with van der Waals surface area (Å²) in [5.74, 6) is 1.07. The number of imidazole rings is 1. The van der Waals surface area contributed by atoms with Crippen LogP contribution in [0.25, 0.3) is 31.6 Å². The standard InChI is InChI=1S/C24H28N2S/c1-11-10-19(24-25-17(7)18(8)26(24)9)16(6)21-20-14(4)12(2)13(3)15(5)23(20)27-22(11)21/h10H,1-9H3. The number of aromatic nitrogens is 2. The highest BCUT2D eigenvalue weighted by Gasteiger charge is 2.21. The fourth-order valence-electron chi connectivity index (χ4n) is 4.32. The fraction of sp³-hybridized carbons (Fsp3) is 0.375. The molecule has 0 amide bonds. The molecule has 0 fully saturated rings. The van der Waals surface area contributed by atoms with Gasteiger partial charge in [-0.1, -0.05) is 0 Å². The Labute approximate surface area is 165 Å². The molecule has 2 nitrogen and oxygen atoms in total. The van der Waals surface area contributed by atoms with Crippen molar-refractivity contribution >= 4 is 31.5 Å². The predicted molar refractivity (Wildman–Crippen MR) is 119 cm³/mol. The van der Waals surface area contributed by atoms with Crippen molar-refractivity contribution in [2.75, 3.05) is 0 Å². The van der Waals surface area contributed by atoms with Crippen LogP contribution in [0.15, 0.2) is 6.07 Å². The lowest BCUT2D eigenvalue weighted by molar-refractivity contribution is 0.880. The highest BCUT2D eigenvalue weighted by molar-refractivity contribution is 7.26. The van der Waals surface area contributed by atoms with E-state index in [1.807, 2.05) is 11.3 Å². The van der Waals surface area contributed by atoms with Gasteiger partial charge in [-0.25, -0.2) is 4.98 Å². The zero-order valence-corrected chi connectivity index (χ0v) is 18.7. The molecule has 0 N–H and O–H groups in total. The molecule has 27 heavy (non-hydrogen) atoms. The van der Waals surface area contributed by atoms with Crippen molar-refractivity contribution in [1.29, 1.82) is 0 Å². The Morgan fingerprint density at radius 3 is 1.93 bits per heavy atom. The van der Waals surface area contributed by atoms with E-state index in [1.165, 1.54) is 64.8 Å². The highest BCUT2D eigenvalue weighted by Crippen LogP contribution is 2.45. The van der Waals surface area contributed by atoms with Gasteiger partial charge in [-0.3, -0.25) is 0 Å². The van der Waals surface area contributed by atoms with Gasteiger partial charge in [-0.15, -0.1) is 11.3 Å². The van der Waals surface area contributed by atoms with Crippen molar-refractivity contribution in [3.8, 4) is 11.4 Å². The van der Waals surface area contributed by atoms with Crippen molar-refractivity contribution in [3.05, 3.63) is 50.8 Å². The van der Waals surface area contributed by atoms with Crippen LogP contribution in [0.3, 0.4) is 0 Å². The summed E-state index contributed by atoms with van der Waals surface area (Å²) >= 11 is 1.96. The normalized spacial score (nSPS) is 11.9. The van der Waals surface area contributed by atoms with Crippen LogP contribution >= 0.6 is 11.3 Å². The summed E-state index contributed by atoms with van der Waals surface area (Å²) in [7, 11) is 2.12. The smallest absolute Gasteiger partial charge is 0.140 e. The third-order valence-corrected chi connectivity index (χ3v) is 8.11. The number of hydrogen-bond acceptors (Lipinski definition) is 2. The number of aryl methyl sites for hydroxylation is 5. The van der Waals surface area contributed by atoms with Gasteiger partial charge in [-0.05, 0) is 94.8 Å². The number of benzene rings is 2. The van der Waals surface area contributed by atoms with Gasteiger partial charge in [0.15, 0.2) is 0 Å². The molecule has 2 heterocycles. The molecule has 2 aromatic carbocycles. The van der Waals surface area contributed by atoms with Gasteiger partial charge in [0, 0.05) is 38.5 Å². The lowest BCUT2D eigenvalue weighted by atomic mass is 9.91. The minimum Gasteiger partial charge on any atom is -0.331 e. The quantitative estimate of drug-likeness (QED) is 0.352. The second-order valence-corrected chi connectivity index (χ2v) is 9.06. The van der Waals surface area contributed by atoms with Gasteiger partial charge in [-0.2, -0.15) is 0 Å². The maximum Gasteiger partial charge on any atom is 0.140 e. The maximum atomic E-state index is 4.89. The summed E-state index contributed by atoms with van der Waals surface area (Å²) in [6, 6.07) is 2.33. The topological polar surface area (TPSA) is 17.8 Å². The third-order valence-electron chi connectivity index (χ3n) is 6.67. The summed E-state index contributed by atoms with van der Waals surface area (Å²) in [5.41, 5.74) is 12.0. The molecule has 2 aromatic heterocycles. The summed E-state index contributed by atoms with van der Waals surface area (Å²) in [6.07, 6.45) is 0. The first-order chi connectivity index (χ1) is 12.6. The molecule has 0 saturated carbocycles. The van der Waals surface area contributed by atoms with E-state index in [-0.39, 0.29) is 0 Å². The van der Waals surface area contributed by atoms with E-state index in [4.69, 9.17) is 4.98 Å². The van der Waals surface area contributed by atoms with Crippen molar-refractivity contribution in [3.63, 3.8) is 0 Å². The van der Waals surface area contributed by atoms with Gasteiger partial charge in [0.1, 0.15) is 5.82 Å². The van der Waals surface area contributed by atoms with Gasteiger partial charge < -0.3 is 4.57 Å². The molecule has 0 unspecified atom stereocenters. The summed E-state index contributed by atoms with van der Waals surface area (Å²) in [6.45, 7) is 17.8. The van der Waals surface area contributed by atoms with E-state index in [0.717, 1.165) is 11.5 Å². The summed E-state index contributed by atoms with van der Waals surface area (Å²) in [5, 5.41) is 2.87. The van der Waals surface area contributed by atoms with Gasteiger partial charge >= 0.3 is 0 Å². The van der Waals surface area contributed by atoms with Crippen molar-refractivity contribution in [1.82, 2.24) is 9.55 Å². The molecule has 4 aromatic rings. The summed E-state index contributed by atoms with van der Waals surface area (Å²) in [4.78, 5) is 4.89. The fourth-order valence-corrected chi connectivity index (χ4v) is 5.77. The Morgan fingerprint density at radius 2 is 1.33 bits per heavy atom. The van der Waals surface area contributed by atoms with Crippen molar-refractivity contribution in [2.24, 2.45) is 7.05 Å². The zero-order chi connectivity index (χ0) is 19.8. The molecule has 0 spiro atoms. The van der Waals surface area contributed by atoms with Crippen LogP contribution in [0.5, 0.6) is 0 Å². The number of fused-ring (bicyclic) bond motifs is 3.